The van der Waals surface area contributed by atoms with Gasteiger partial charge in [0.05, 0.1) is 16.0 Å². The highest BCUT2D eigenvalue weighted by atomic mass is 32.2. The summed E-state index contributed by atoms with van der Waals surface area (Å²) in [5, 5.41) is 0. The third-order valence-electron chi connectivity index (χ3n) is 2.35. The highest BCUT2D eigenvalue weighted by Gasteiger charge is 2.09. The van der Waals surface area contributed by atoms with Gasteiger partial charge in [-0.15, -0.1) is 11.3 Å². The molecule has 0 aliphatic carbocycles. The molecule has 0 radical (unpaired) electrons. The van der Waals surface area contributed by atoms with Gasteiger partial charge in [0.25, 0.3) is 5.91 Å². The van der Waals surface area contributed by atoms with Gasteiger partial charge in [-0.1, -0.05) is 23.9 Å². The van der Waals surface area contributed by atoms with Crippen LogP contribution in [-0.2, 0) is 19.1 Å². The number of hydrazine groups is 1. The fourth-order valence-corrected chi connectivity index (χ4v) is 3.29. The summed E-state index contributed by atoms with van der Waals surface area (Å²) in [4.78, 5) is 37.7. The van der Waals surface area contributed by atoms with Crippen LogP contribution < -0.4 is 10.9 Å². The van der Waals surface area contributed by atoms with E-state index in [1.54, 1.807) is 0 Å². The van der Waals surface area contributed by atoms with Crippen molar-refractivity contribution in [3.05, 3.63) is 24.3 Å². The average Bonchev–Trinajstić information content (AvgIpc) is 2.91. The molecule has 0 spiro atoms. The predicted octanol–water partition coefficient (Wildman–Crippen LogP) is 1.10. The van der Waals surface area contributed by atoms with E-state index in [1.807, 2.05) is 24.3 Å². The largest absolute Gasteiger partial charge is 0.456 e. The molecule has 2 rings (SSSR count). The average molecular weight is 339 g/mol. The number of benzene rings is 1. The first-order valence-corrected chi connectivity index (χ1v) is 8.04. The van der Waals surface area contributed by atoms with E-state index in [0.717, 1.165) is 14.6 Å². The number of fused-ring (bicyclic) bond motifs is 1. The number of hydrogen-bond donors (Lipinski definition) is 2. The monoisotopic (exact) mass is 339 g/mol. The molecule has 7 nitrogen and oxygen atoms in total. The number of carbonyl (C=O) groups is 3. The van der Waals surface area contributed by atoms with Crippen LogP contribution in [0.4, 0.5) is 0 Å². The van der Waals surface area contributed by atoms with Crippen LogP contribution in [0.25, 0.3) is 10.2 Å². The minimum absolute atomic E-state index is 0.119. The summed E-state index contributed by atoms with van der Waals surface area (Å²) in [6, 6.07) is 7.71. The van der Waals surface area contributed by atoms with E-state index in [4.69, 9.17) is 0 Å². The Morgan fingerprint density at radius 3 is 2.68 bits per heavy atom. The Bertz CT molecular complexity index is 668. The molecular formula is C13H13N3O4S2. The number of aromatic nitrogens is 1. The molecule has 1 aromatic heterocycles. The van der Waals surface area contributed by atoms with Gasteiger partial charge in [0.1, 0.15) is 0 Å². The number of carbonyl (C=O) groups excluding carboxylic acids is 3. The minimum Gasteiger partial charge on any atom is -0.456 e. The lowest BCUT2D eigenvalue weighted by molar-refractivity contribution is -0.146. The van der Waals surface area contributed by atoms with Crippen molar-refractivity contribution in [2.24, 2.45) is 0 Å². The number of thiazole rings is 1. The van der Waals surface area contributed by atoms with Gasteiger partial charge in [-0.05, 0) is 12.1 Å². The molecule has 0 saturated heterocycles. The quantitative estimate of drug-likeness (QED) is 0.481. The van der Waals surface area contributed by atoms with Crippen LogP contribution in [-0.4, -0.2) is 35.1 Å². The fraction of sp³-hybridized carbons (Fsp3) is 0.231. The summed E-state index contributed by atoms with van der Waals surface area (Å²) in [6.45, 7) is 0.765. The molecule has 1 heterocycles. The summed E-state index contributed by atoms with van der Waals surface area (Å²) in [6.07, 6.45) is 0. The number of amides is 2. The summed E-state index contributed by atoms with van der Waals surface area (Å²) in [7, 11) is 0. The number of nitrogens with one attached hydrogen (secondary N) is 2. The number of thioether (sulfide) groups is 1. The zero-order chi connectivity index (χ0) is 15.9. The minimum atomic E-state index is -0.603. The summed E-state index contributed by atoms with van der Waals surface area (Å²) in [5.74, 6) is -1.42. The van der Waals surface area contributed by atoms with Crippen molar-refractivity contribution in [1.29, 1.82) is 0 Å². The van der Waals surface area contributed by atoms with Gasteiger partial charge in [0, 0.05) is 6.92 Å². The fourth-order valence-electron chi connectivity index (χ4n) is 1.42. The van der Waals surface area contributed by atoms with Crippen LogP contribution in [0.1, 0.15) is 6.92 Å². The molecular weight excluding hydrogens is 326 g/mol. The van der Waals surface area contributed by atoms with E-state index in [-0.39, 0.29) is 11.7 Å². The molecule has 0 saturated carbocycles. The lowest BCUT2D eigenvalue weighted by atomic mass is 10.3. The Hall–Kier alpha value is -2.13. The van der Waals surface area contributed by atoms with E-state index < -0.39 is 18.5 Å². The summed E-state index contributed by atoms with van der Waals surface area (Å²) >= 11 is 2.78. The molecule has 0 bridgehead atoms. The second kappa shape index (κ2) is 7.76. The van der Waals surface area contributed by atoms with Crippen molar-refractivity contribution in [2.75, 3.05) is 12.4 Å². The number of para-hydroxylation sites is 1. The number of rotatable bonds is 5. The van der Waals surface area contributed by atoms with Crippen LogP contribution in [0.3, 0.4) is 0 Å². The molecule has 2 aromatic rings. The van der Waals surface area contributed by atoms with E-state index in [0.29, 0.717) is 0 Å². The molecule has 2 N–H and O–H groups in total. The highest BCUT2D eigenvalue weighted by Crippen LogP contribution is 2.28. The molecule has 0 atom stereocenters. The van der Waals surface area contributed by atoms with Crippen molar-refractivity contribution in [3.8, 4) is 0 Å². The maximum Gasteiger partial charge on any atom is 0.303 e. The Balaban J connectivity index is 1.73. The number of esters is 1. The molecule has 116 valence electrons. The normalized spacial score (nSPS) is 10.2. The molecule has 0 fully saturated rings. The lowest BCUT2D eigenvalue weighted by Gasteiger charge is -2.06. The van der Waals surface area contributed by atoms with E-state index >= 15 is 0 Å². The maximum atomic E-state index is 11.6. The number of hydrogen-bond acceptors (Lipinski definition) is 7. The van der Waals surface area contributed by atoms with E-state index in [9.17, 15) is 14.4 Å². The topological polar surface area (TPSA) is 97.4 Å². The summed E-state index contributed by atoms with van der Waals surface area (Å²) < 4.78 is 6.32. The van der Waals surface area contributed by atoms with Crippen LogP contribution in [0, 0.1) is 0 Å². The van der Waals surface area contributed by atoms with Crippen LogP contribution in [0.15, 0.2) is 28.6 Å². The van der Waals surface area contributed by atoms with Crippen LogP contribution in [0.5, 0.6) is 0 Å². The third-order valence-corrected chi connectivity index (χ3v) is 4.53. The van der Waals surface area contributed by atoms with E-state index in [1.165, 1.54) is 30.0 Å². The highest BCUT2D eigenvalue weighted by molar-refractivity contribution is 8.01. The van der Waals surface area contributed by atoms with Crippen molar-refractivity contribution < 1.29 is 19.1 Å². The van der Waals surface area contributed by atoms with Gasteiger partial charge in [0.2, 0.25) is 5.91 Å². The number of ether oxygens (including phenoxy) is 1. The van der Waals surface area contributed by atoms with Gasteiger partial charge in [-0.25, -0.2) is 4.98 Å². The first kappa shape index (κ1) is 16.2. The predicted molar refractivity (Wildman–Crippen MR) is 83.3 cm³/mol. The van der Waals surface area contributed by atoms with Crippen molar-refractivity contribution in [3.63, 3.8) is 0 Å². The second-order valence-electron chi connectivity index (χ2n) is 4.11. The van der Waals surface area contributed by atoms with Crippen LogP contribution >= 0.6 is 23.1 Å². The maximum absolute atomic E-state index is 11.6. The van der Waals surface area contributed by atoms with Crippen molar-refractivity contribution >= 4 is 51.1 Å². The molecule has 0 aliphatic heterocycles. The second-order valence-corrected chi connectivity index (χ2v) is 6.37. The molecule has 1 aromatic carbocycles. The molecule has 0 unspecified atom stereocenters. The Kier molecular flexibility index (Phi) is 5.73. The Morgan fingerprint density at radius 1 is 1.23 bits per heavy atom. The van der Waals surface area contributed by atoms with Gasteiger partial charge in [0.15, 0.2) is 10.9 Å². The Morgan fingerprint density at radius 2 is 1.95 bits per heavy atom. The Labute approximate surface area is 134 Å². The van der Waals surface area contributed by atoms with E-state index in [2.05, 4.69) is 20.6 Å². The third kappa shape index (κ3) is 5.01. The van der Waals surface area contributed by atoms with Crippen molar-refractivity contribution in [2.45, 2.75) is 11.3 Å². The number of nitrogens with zero attached hydrogens (tertiary/aromatic N) is 1. The smallest absolute Gasteiger partial charge is 0.303 e. The van der Waals surface area contributed by atoms with Gasteiger partial charge < -0.3 is 4.74 Å². The van der Waals surface area contributed by atoms with Gasteiger partial charge in [-0.2, -0.15) is 0 Å². The molecule has 0 aliphatic rings. The summed E-state index contributed by atoms with van der Waals surface area (Å²) in [5.41, 5.74) is 5.28. The first-order chi connectivity index (χ1) is 10.5. The zero-order valence-electron chi connectivity index (χ0n) is 11.6. The zero-order valence-corrected chi connectivity index (χ0v) is 13.3. The standard InChI is InChI=1S/C13H13N3O4S2/c1-8(17)20-6-11(18)15-16-12(19)7-21-13-14-9-4-2-3-5-10(9)22-13/h2-5H,6-7H2,1H3,(H,15,18)(H,16,19). The van der Waals surface area contributed by atoms with Crippen molar-refractivity contribution in [1.82, 2.24) is 15.8 Å². The first-order valence-electron chi connectivity index (χ1n) is 6.24. The SMILES string of the molecule is CC(=O)OCC(=O)NNC(=O)CSc1nc2ccccc2s1. The van der Waals surface area contributed by atoms with Gasteiger partial charge in [-0.3, -0.25) is 25.2 Å². The molecule has 22 heavy (non-hydrogen) atoms. The molecule has 9 heteroatoms. The van der Waals surface area contributed by atoms with Gasteiger partial charge >= 0.3 is 5.97 Å². The lowest BCUT2D eigenvalue weighted by Crippen LogP contribution is -2.44. The molecule has 2 amide bonds. The van der Waals surface area contributed by atoms with Crippen LogP contribution in [0.2, 0.25) is 0 Å².